The molecule has 0 bridgehead atoms. The molecule has 1 N–H and O–H groups in total. The number of ether oxygens (including phenoxy) is 3. The minimum atomic E-state index is -0.387. The van der Waals surface area contributed by atoms with E-state index < -0.39 is 0 Å². The molecular formula is C25H25ClN2O4. The van der Waals surface area contributed by atoms with Crippen molar-refractivity contribution < 1.29 is 19.0 Å². The van der Waals surface area contributed by atoms with Crippen molar-refractivity contribution in [3.05, 3.63) is 82.4 Å². The van der Waals surface area contributed by atoms with Gasteiger partial charge in [-0.3, -0.25) is 0 Å². The van der Waals surface area contributed by atoms with Gasteiger partial charge >= 0.3 is 6.03 Å². The Kier molecular flexibility index (Phi) is 6.42. The number of urea groups is 1. The van der Waals surface area contributed by atoms with Crippen LogP contribution in [-0.2, 0) is 6.42 Å². The lowest BCUT2D eigenvalue weighted by Gasteiger charge is -2.38. The molecule has 3 aromatic carbocycles. The van der Waals surface area contributed by atoms with Crippen molar-refractivity contribution in [2.45, 2.75) is 12.5 Å². The van der Waals surface area contributed by atoms with Gasteiger partial charge in [-0.25, -0.2) is 4.79 Å². The third kappa shape index (κ3) is 4.06. The molecule has 4 rings (SSSR count). The molecule has 0 radical (unpaired) electrons. The number of para-hydroxylation sites is 2. The van der Waals surface area contributed by atoms with Gasteiger partial charge < -0.3 is 24.4 Å². The van der Waals surface area contributed by atoms with Crippen LogP contribution in [0.5, 0.6) is 17.2 Å². The Morgan fingerprint density at radius 3 is 2.28 bits per heavy atom. The molecule has 0 unspecified atom stereocenters. The van der Waals surface area contributed by atoms with Crippen LogP contribution < -0.4 is 19.5 Å². The van der Waals surface area contributed by atoms with Crippen LogP contribution in [0.25, 0.3) is 0 Å². The summed E-state index contributed by atoms with van der Waals surface area (Å²) >= 11 is 6.60. The predicted molar refractivity (Wildman–Crippen MR) is 125 cm³/mol. The second-order valence-corrected chi connectivity index (χ2v) is 7.81. The van der Waals surface area contributed by atoms with E-state index in [4.69, 9.17) is 25.8 Å². The van der Waals surface area contributed by atoms with Gasteiger partial charge in [0.15, 0.2) is 11.5 Å². The maximum absolute atomic E-state index is 13.5. The zero-order valence-corrected chi connectivity index (χ0v) is 19.0. The Morgan fingerprint density at radius 2 is 1.56 bits per heavy atom. The van der Waals surface area contributed by atoms with Gasteiger partial charge in [-0.2, -0.15) is 0 Å². The monoisotopic (exact) mass is 452 g/mol. The Bertz CT molecular complexity index is 1130. The summed E-state index contributed by atoms with van der Waals surface area (Å²) in [5.74, 6) is 1.87. The van der Waals surface area contributed by atoms with Gasteiger partial charge in [0.05, 0.1) is 33.1 Å². The molecular weight excluding hydrogens is 428 g/mol. The Hall–Kier alpha value is -3.38. The molecule has 0 fully saturated rings. The average Bonchev–Trinajstić information content (AvgIpc) is 2.83. The van der Waals surface area contributed by atoms with E-state index in [0.29, 0.717) is 40.9 Å². The number of fused-ring (bicyclic) bond motifs is 1. The molecule has 1 atom stereocenters. The number of methoxy groups -OCH3 is 3. The SMILES string of the molecule is COc1ccccc1NC(=O)N1CCc2cc(OC)c(OC)cc2[C@H]1c1ccccc1Cl. The van der Waals surface area contributed by atoms with Crippen LogP contribution in [0.1, 0.15) is 22.7 Å². The lowest BCUT2D eigenvalue weighted by atomic mass is 9.87. The number of nitrogens with one attached hydrogen (secondary N) is 1. The predicted octanol–water partition coefficient (Wildman–Crippen LogP) is 5.55. The number of anilines is 1. The molecule has 0 aliphatic carbocycles. The molecule has 6 nitrogen and oxygen atoms in total. The fourth-order valence-corrected chi connectivity index (χ4v) is 4.37. The lowest BCUT2D eigenvalue weighted by molar-refractivity contribution is 0.193. The van der Waals surface area contributed by atoms with E-state index in [1.165, 1.54) is 0 Å². The third-order valence-corrected chi connectivity index (χ3v) is 6.03. The van der Waals surface area contributed by atoms with E-state index >= 15 is 0 Å². The van der Waals surface area contributed by atoms with Crippen molar-refractivity contribution in [1.29, 1.82) is 0 Å². The number of carbonyl (C=O) groups excluding carboxylic acids is 1. The van der Waals surface area contributed by atoms with Crippen LogP contribution in [0.4, 0.5) is 10.5 Å². The van der Waals surface area contributed by atoms with E-state index in [9.17, 15) is 4.79 Å². The number of nitrogens with zero attached hydrogens (tertiary/aromatic N) is 1. The molecule has 0 aromatic heterocycles. The molecule has 7 heteroatoms. The largest absolute Gasteiger partial charge is 0.495 e. The zero-order chi connectivity index (χ0) is 22.7. The zero-order valence-electron chi connectivity index (χ0n) is 18.2. The maximum atomic E-state index is 13.5. The molecule has 0 saturated carbocycles. The summed E-state index contributed by atoms with van der Waals surface area (Å²) in [5, 5.41) is 3.59. The third-order valence-electron chi connectivity index (χ3n) is 5.68. The summed E-state index contributed by atoms with van der Waals surface area (Å²) < 4.78 is 16.4. The molecule has 1 aliphatic rings. The standard InChI is InChI=1S/C25H25ClN2O4/c1-30-21-11-7-6-10-20(21)27-25(29)28-13-12-16-14-22(31-2)23(32-3)15-18(16)24(28)17-8-4-5-9-19(17)26/h4-11,14-15,24H,12-13H2,1-3H3,(H,27,29)/t24-/m1/s1. The molecule has 32 heavy (non-hydrogen) atoms. The topological polar surface area (TPSA) is 60.0 Å². The average molecular weight is 453 g/mol. The van der Waals surface area contributed by atoms with Crippen molar-refractivity contribution in [3.63, 3.8) is 0 Å². The van der Waals surface area contributed by atoms with E-state index in [1.54, 1.807) is 26.2 Å². The summed E-state index contributed by atoms with van der Waals surface area (Å²) in [5.41, 5.74) is 3.50. The highest BCUT2D eigenvalue weighted by atomic mass is 35.5. The minimum absolute atomic E-state index is 0.236. The minimum Gasteiger partial charge on any atom is -0.495 e. The second-order valence-electron chi connectivity index (χ2n) is 7.40. The molecule has 1 heterocycles. The highest BCUT2D eigenvalue weighted by molar-refractivity contribution is 6.31. The Balaban J connectivity index is 1.79. The first-order valence-corrected chi connectivity index (χ1v) is 10.6. The molecule has 166 valence electrons. The number of hydrogen-bond donors (Lipinski definition) is 1. The molecule has 2 amide bonds. The molecule has 3 aromatic rings. The van der Waals surface area contributed by atoms with E-state index in [2.05, 4.69) is 5.32 Å². The maximum Gasteiger partial charge on any atom is 0.322 e. The first-order chi connectivity index (χ1) is 15.6. The Labute approximate surface area is 192 Å². The van der Waals surface area contributed by atoms with Crippen molar-refractivity contribution in [1.82, 2.24) is 4.90 Å². The van der Waals surface area contributed by atoms with Crippen molar-refractivity contribution >= 4 is 23.3 Å². The quantitative estimate of drug-likeness (QED) is 0.551. The van der Waals surface area contributed by atoms with Crippen LogP contribution in [0, 0.1) is 0 Å². The highest BCUT2D eigenvalue weighted by Crippen LogP contribution is 2.43. The van der Waals surface area contributed by atoms with Crippen LogP contribution in [-0.4, -0.2) is 38.8 Å². The van der Waals surface area contributed by atoms with E-state index in [1.807, 2.05) is 60.7 Å². The summed E-state index contributed by atoms with van der Waals surface area (Å²) in [6.07, 6.45) is 0.677. The van der Waals surface area contributed by atoms with Crippen LogP contribution in [0.15, 0.2) is 60.7 Å². The number of rotatable bonds is 5. The lowest BCUT2D eigenvalue weighted by Crippen LogP contribution is -2.43. The van der Waals surface area contributed by atoms with E-state index in [0.717, 1.165) is 16.7 Å². The molecule has 0 saturated heterocycles. The van der Waals surface area contributed by atoms with Crippen LogP contribution in [0.3, 0.4) is 0 Å². The molecule has 1 aliphatic heterocycles. The van der Waals surface area contributed by atoms with Crippen molar-refractivity contribution in [2.75, 3.05) is 33.2 Å². The van der Waals surface area contributed by atoms with Gasteiger partial charge in [0.2, 0.25) is 0 Å². The number of halogens is 1. The second kappa shape index (κ2) is 9.40. The summed E-state index contributed by atoms with van der Waals surface area (Å²) in [7, 11) is 4.80. The van der Waals surface area contributed by atoms with Gasteiger partial charge in [-0.15, -0.1) is 0 Å². The smallest absolute Gasteiger partial charge is 0.322 e. The summed E-state index contributed by atoms with van der Waals surface area (Å²) in [4.78, 5) is 15.3. The number of hydrogen-bond acceptors (Lipinski definition) is 4. The summed E-state index contributed by atoms with van der Waals surface area (Å²) in [6, 6.07) is 18.2. The van der Waals surface area contributed by atoms with Gasteiger partial charge in [0.1, 0.15) is 5.75 Å². The van der Waals surface area contributed by atoms with Crippen molar-refractivity contribution in [2.24, 2.45) is 0 Å². The van der Waals surface area contributed by atoms with E-state index in [-0.39, 0.29) is 12.1 Å². The van der Waals surface area contributed by atoms with Gasteiger partial charge in [-0.05, 0) is 53.4 Å². The normalized spacial score (nSPS) is 15.0. The number of carbonyl (C=O) groups is 1. The van der Waals surface area contributed by atoms with Gasteiger partial charge in [0.25, 0.3) is 0 Å². The van der Waals surface area contributed by atoms with Crippen LogP contribution in [0.2, 0.25) is 5.02 Å². The Morgan fingerprint density at radius 1 is 0.906 bits per heavy atom. The first kappa shape index (κ1) is 21.8. The van der Waals surface area contributed by atoms with Crippen LogP contribution >= 0.6 is 11.6 Å². The first-order valence-electron chi connectivity index (χ1n) is 10.3. The van der Waals surface area contributed by atoms with Gasteiger partial charge in [-0.1, -0.05) is 41.9 Å². The number of amides is 2. The number of benzene rings is 3. The van der Waals surface area contributed by atoms with Crippen molar-refractivity contribution in [3.8, 4) is 17.2 Å². The summed E-state index contributed by atoms with van der Waals surface area (Å²) in [6.45, 7) is 0.513. The highest BCUT2D eigenvalue weighted by Gasteiger charge is 2.34. The van der Waals surface area contributed by atoms with Gasteiger partial charge in [0, 0.05) is 11.6 Å². The fourth-order valence-electron chi connectivity index (χ4n) is 4.13. The molecule has 0 spiro atoms. The fraction of sp³-hybridized carbons (Fsp3) is 0.240.